The van der Waals surface area contributed by atoms with Gasteiger partial charge < -0.3 is 4.57 Å². The van der Waals surface area contributed by atoms with Gasteiger partial charge in [0, 0.05) is 12.4 Å². The minimum Gasteiger partial charge on any atom is -0.308 e. The molecule has 0 aromatic carbocycles. The highest BCUT2D eigenvalue weighted by Crippen LogP contribution is 2.22. The SMILES string of the molecule is N#Cc1c2c(cn(Cc3ccccn3)c1=O)CCCC2. The summed E-state index contributed by atoms with van der Waals surface area (Å²) in [6.07, 6.45) is 7.60. The third kappa shape index (κ3) is 2.23. The Labute approximate surface area is 117 Å². The minimum absolute atomic E-state index is 0.196. The molecular weight excluding hydrogens is 250 g/mol. The summed E-state index contributed by atoms with van der Waals surface area (Å²) in [5.74, 6) is 0. The summed E-state index contributed by atoms with van der Waals surface area (Å²) in [5, 5.41) is 9.29. The molecule has 0 saturated carbocycles. The molecule has 20 heavy (non-hydrogen) atoms. The maximum atomic E-state index is 12.4. The van der Waals surface area contributed by atoms with E-state index < -0.39 is 0 Å². The molecule has 0 fully saturated rings. The van der Waals surface area contributed by atoms with E-state index in [0.29, 0.717) is 12.1 Å². The van der Waals surface area contributed by atoms with E-state index in [1.165, 1.54) is 0 Å². The molecule has 0 aliphatic heterocycles. The molecule has 2 aromatic rings. The Kier molecular flexibility index (Phi) is 3.34. The molecular formula is C16H15N3O. The van der Waals surface area contributed by atoms with Crippen LogP contribution in [0.25, 0.3) is 0 Å². The first-order valence-electron chi connectivity index (χ1n) is 6.85. The zero-order valence-corrected chi connectivity index (χ0v) is 11.2. The lowest BCUT2D eigenvalue weighted by molar-refractivity contribution is 0.651. The summed E-state index contributed by atoms with van der Waals surface area (Å²) >= 11 is 0. The van der Waals surface area contributed by atoms with Crippen molar-refractivity contribution in [1.29, 1.82) is 5.26 Å². The van der Waals surface area contributed by atoms with E-state index in [9.17, 15) is 10.1 Å². The first-order valence-corrected chi connectivity index (χ1v) is 6.85. The van der Waals surface area contributed by atoms with Gasteiger partial charge in [-0.3, -0.25) is 9.78 Å². The molecule has 1 aliphatic carbocycles. The number of fused-ring (bicyclic) bond motifs is 1. The second-order valence-corrected chi connectivity index (χ2v) is 5.08. The Morgan fingerprint density at radius 1 is 1.30 bits per heavy atom. The van der Waals surface area contributed by atoms with E-state index in [4.69, 9.17) is 0 Å². The first kappa shape index (κ1) is 12.6. The van der Waals surface area contributed by atoms with E-state index in [2.05, 4.69) is 11.1 Å². The van der Waals surface area contributed by atoms with Crippen LogP contribution in [0.3, 0.4) is 0 Å². The van der Waals surface area contributed by atoms with Crippen LogP contribution in [0.5, 0.6) is 0 Å². The molecule has 0 atom stereocenters. The molecule has 3 rings (SSSR count). The van der Waals surface area contributed by atoms with E-state index in [1.54, 1.807) is 10.8 Å². The van der Waals surface area contributed by atoms with Crippen LogP contribution in [0.15, 0.2) is 35.4 Å². The highest BCUT2D eigenvalue weighted by atomic mass is 16.1. The van der Waals surface area contributed by atoms with Gasteiger partial charge in [0.2, 0.25) is 0 Å². The molecule has 0 unspecified atom stereocenters. The van der Waals surface area contributed by atoms with Gasteiger partial charge in [0.25, 0.3) is 5.56 Å². The van der Waals surface area contributed by atoms with Gasteiger partial charge in [0.1, 0.15) is 11.6 Å². The summed E-state index contributed by atoms with van der Waals surface area (Å²) in [6, 6.07) is 7.73. The van der Waals surface area contributed by atoms with Crippen molar-refractivity contribution in [1.82, 2.24) is 9.55 Å². The van der Waals surface area contributed by atoms with Gasteiger partial charge in [-0.2, -0.15) is 5.26 Å². The third-order valence-corrected chi connectivity index (χ3v) is 3.77. The molecule has 0 amide bonds. The van der Waals surface area contributed by atoms with Gasteiger partial charge in [-0.05, 0) is 48.9 Å². The standard InChI is InChI=1S/C16H15N3O/c17-9-15-14-7-2-1-5-12(14)10-19(16(15)20)11-13-6-3-4-8-18-13/h3-4,6,8,10H,1-2,5,7,11H2. The summed E-state index contributed by atoms with van der Waals surface area (Å²) in [4.78, 5) is 16.6. The fourth-order valence-corrected chi connectivity index (χ4v) is 2.78. The second kappa shape index (κ2) is 5.30. The number of aryl methyl sites for hydroxylation is 1. The summed E-state index contributed by atoms with van der Waals surface area (Å²) in [5.41, 5.74) is 3.05. The monoisotopic (exact) mass is 265 g/mol. The Bertz CT molecular complexity index is 726. The molecule has 0 saturated heterocycles. The Balaban J connectivity index is 2.08. The molecule has 0 N–H and O–H groups in total. The van der Waals surface area contributed by atoms with E-state index in [-0.39, 0.29) is 5.56 Å². The highest BCUT2D eigenvalue weighted by molar-refractivity contribution is 5.42. The van der Waals surface area contributed by atoms with E-state index in [0.717, 1.165) is 42.5 Å². The van der Waals surface area contributed by atoms with E-state index in [1.807, 2.05) is 24.4 Å². The lowest BCUT2D eigenvalue weighted by atomic mass is 9.90. The molecule has 2 heterocycles. The number of hydrogen-bond donors (Lipinski definition) is 0. The van der Waals surface area contributed by atoms with Crippen LogP contribution >= 0.6 is 0 Å². The molecule has 4 nitrogen and oxygen atoms in total. The first-order chi connectivity index (χ1) is 9.79. The topological polar surface area (TPSA) is 58.7 Å². The zero-order chi connectivity index (χ0) is 13.9. The lowest BCUT2D eigenvalue weighted by Gasteiger charge is -2.18. The molecule has 1 aliphatic rings. The molecule has 0 radical (unpaired) electrons. The smallest absolute Gasteiger partial charge is 0.269 e. The fourth-order valence-electron chi connectivity index (χ4n) is 2.78. The minimum atomic E-state index is -0.196. The number of pyridine rings is 2. The molecule has 0 spiro atoms. The quantitative estimate of drug-likeness (QED) is 0.835. The van der Waals surface area contributed by atoms with Gasteiger partial charge in [-0.15, -0.1) is 0 Å². The van der Waals surface area contributed by atoms with Crippen molar-refractivity contribution in [2.45, 2.75) is 32.2 Å². The van der Waals surface area contributed by atoms with Crippen LogP contribution in [-0.4, -0.2) is 9.55 Å². The van der Waals surface area contributed by atoms with Crippen LogP contribution in [0.2, 0.25) is 0 Å². The van der Waals surface area contributed by atoms with Crippen LogP contribution in [0.4, 0.5) is 0 Å². The normalized spacial score (nSPS) is 13.6. The Morgan fingerprint density at radius 3 is 2.90 bits per heavy atom. The average Bonchev–Trinajstić information content (AvgIpc) is 2.49. The third-order valence-electron chi connectivity index (χ3n) is 3.77. The molecule has 0 bridgehead atoms. The fraction of sp³-hybridized carbons (Fsp3) is 0.312. The molecule has 4 heteroatoms. The van der Waals surface area contributed by atoms with Crippen molar-refractivity contribution in [3.63, 3.8) is 0 Å². The van der Waals surface area contributed by atoms with Gasteiger partial charge in [0.15, 0.2) is 0 Å². The predicted molar refractivity (Wildman–Crippen MR) is 75.4 cm³/mol. The largest absolute Gasteiger partial charge is 0.308 e. The van der Waals surface area contributed by atoms with E-state index >= 15 is 0 Å². The number of hydrogen-bond acceptors (Lipinski definition) is 3. The maximum Gasteiger partial charge on any atom is 0.269 e. The number of nitriles is 1. The maximum absolute atomic E-state index is 12.4. The van der Waals surface area contributed by atoms with Crippen LogP contribution < -0.4 is 5.56 Å². The number of aromatic nitrogens is 2. The van der Waals surface area contributed by atoms with Gasteiger partial charge in [0.05, 0.1) is 12.2 Å². The van der Waals surface area contributed by atoms with Gasteiger partial charge in [-0.25, -0.2) is 0 Å². The number of rotatable bonds is 2. The molecule has 2 aromatic heterocycles. The Hall–Kier alpha value is -2.41. The summed E-state index contributed by atoms with van der Waals surface area (Å²) in [7, 11) is 0. The van der Waals surface area contributed by atoms with Crippen LogP contribution in [0, 0.1) is 11.3 Å². The van der Waals surface area contributed by atoms with Crippen molar-refractivity contribution < 1.29 is 0 Å². The Morgan fingerprint density at radius 2 is 2.15 bits per heavy atom. The number of nitrogens with zero attached hydrogens (tertiary/aromatic N) is 3. The second-order valence-electron chi connectivity index (χ2n) is 5.08. The average molecular weight is 265 g/mol. The van der Waals surface area contributed by atoms with Crippen LogP contribution in [-0.2, 0) is 19.4 Å². The highest BCUT2D eigenvalue weighted by Gasteiger charge is 2.18. The van der Waals surface area contributed by atoms with Crippen molar-refractivity contribution in [2.24, 2.45) is 0 Å². The van der Waals surface area contributed by atoms with Crippen molar-refractivity contribution in [2.75, 3.05) is 0 Å². The van der Waals surface area contributed by atoms with Gasteiger partial charge >= 0.3 is 0 Å². The van der Waals surface area contributed by atoms with Gasteiger partial charge in [-0.1, -0.05) is 6.07 Å². The van der Waals surface area contributed by atoms with Crippen molar-refractivity contribution >= 4 is 0 Å². The summed E-state index contributed by atoms with van der Waals surface area (Å²) < 4.78 is 1.62. The lowest BCUT2D eigenvalue weighted by Crippen LogP contribution is -2.27. The molecule has 100 valence electrons. The summed E-state index contributed by atoms with van der Waals surface area (Å²) in [6.45, 7) is 0.418. The zero-order valence-electron chi connectivity index (χ0n) is 11.2. The van der Waals surface area contributed by atoms with Crippen LogP contribution in [0.1, 0.15) is 35.2 Å². The van der Waals surface area contributed by atoms with Crippen molar-refractivity contribution in [3.8, 4) is 6.07 Å². The predicted octanol–water partition coefficient (Wildman–Crippen LogP) is 2.04. The van der Waals surface area contributed by atoms with Crippen molar-refractivity contribution in [3.05, 3.63) is 63.3 Å².